The van der Waals surface area contributed by atoms with E-state index >= 15 is 0 Å². The molecule has 3 N–H and O–H groups in total. The van der Waals surface area contributed by atoms with Crippen molar-refractivity contribution in [1.29, 1.82) is 0 Å². The van der Waals surface area contributed by atoms with Crippen molar-refractivity contribution >= 4 is 23.7 Å². The van der Waals surface area contributed by atoms with Crippen molar-refractivity contribution < 1.29 is 19.4 Å². The fraction of sp³-hybridized carbons (Fsp3) is 0.167. The Kier molecular flexibility index (Phi) is 6.11. The lowest BCUT2D eigenvalue weighted by Gasteiger charge is -2.06. The SMILES string of the molecule is CCOc1cc(/C=N/NC(=O)C(=O)Nc2cccc(C)c2)ccc1O. The number of nitrogens with zero attached hydrogens (tertiary/aromatic N) is 1. The topological polar surface area (TPSA) is 100 Å². The highest BCUT2D eigenvalue weighted by atomic mass is 16.5. The first-order valence-electron chi connectivity index (χ1n) is 7.66. The van der Waals surface area contributed by atoms with Crippen molar-refractivity contribution in [3.63, 3.8) is 0 Å². The van der Waals surface area contributed by atoms with E-state index in [9.17, 15) is 14.7 Å². The van der Waals surface area contributed by atoms with E-state index in [1.165, 1.54) is 12.3 Å². The van der Waals surface area contributed by atoms with Crippen LogP contribution in [0.2, 0.25) is 0 Å². The van der Waals surface area contributed by atoms with Gasteiger partial charge in [0.1, 0.15) is 0 Å². The van der Waals surface area contributed by atoms with Crippen LogP contribution in [0.25, 0.3) is 0 Å². The zero-order valence-corrected chi connectivity index (χ0v) is 13.9. The van der Waals surface area contributed by atoms with E-state index in [4.69, 9.17) is 4.74 Å². The molecule has 0 saturated carbocycles. The lowest BCUT2D eigenvalue weighted by atomic mass is 10.2. The minimum absolute atomic E-state index is 0.0144. The van der Waals surface area contributed by atoms with Crippen LogP contribution >= 0.6 is 0 Å². The zero-order chi connectivity index (χ0) is 18.2. The highest BCUT2D eigenvalue weighted by molar-refractivity contribution is 6.39. The maximum Gasteiger partial charge on any atom is 0.329 e. The van der Waals surface area contributed by atoms with Crippen LogP contribution in [0.4, 0.5) is 5.69 Å². The third kappa shape index (κ3) is 5.35. The second-order valence-electron chi connectivity index (χ2n) is 5.18. The minimum atomic E-state index is -0.887. The molecule has 0 aliphatic heterocycles. The molecule has 2 amide bonds. The van der Waals surface area contributed by atoms with E-state index in [2.05, 4.69) is 15.8 Å². The van der Waals surface area contributed by atoms with Gasteiger partial charge in [-0.15, -0.1) is 0 Å². The van der Waals surface area contributed by atoms with Crippen LogP contribution < -0.4 is 15.5 Å². The summed E-state index contributed by atoms with van der Waals surface area (Å²) < 4.78 is 5.26. The molecule has 0 bridgehead atoms. The number of amides is 2. The number of hydrogen-bond donors (Lipinski definition) is 3. The van der Waals surface area contributed by atoms with Gasteiger partial charge < -0.3 is 15.2 Å². The molecule has 2 aromatic rings. The average Bonchev–Trinajstić information content (AvgIpc) is 2.58. The highest BCUT2D eigenvalue weighted by Crippen LogP contribution is 2.26. The molecule has 0 aliphatic rings. The summed E-state index contributed by atoms with van der Waals surface area (Å²) in [7, 11) is 0. The summed E-state index contributed by atoms with van der Waals surface area (Å²) in [6.07, 6.45) is 1.35. The Labute approximate surface area is 145 Å². The number of hydrazone groups is 1. The summed E-state index contributed by atoms with van der Waals surface area (Å²) in [5.74, 6) is -1.37. The predicted molar refractivity (Wildman–Crippen MR) is 94.8 cm³/mol. The fourth-order valence-corrected chi connectivity index (χ4v) is 2.01. The van der Waals surface area contributed by atoms with Crippen LogP contribution in [-0.4, -0.2) is 29.7 Å². The molecular weight excluding hydrogens is 322 g/mol. The number of hydrogen-bond acceptors (Lipinski definition) is 5. The number of rotatable bonds is 5. The van der Waals surface area contributed by atoms with Gasteiger partial charge in [-0.1, -0.05) is 12.1 Å². The van der Waals surface area contributed by atoms with Gasteiger partial charge in [-0.25, -0.2) is 5.43 Å². The quantitative estimate of drug-likeness (QED) is 0.441. The summed E-state index contributed by atoms with van der Waals surface area (Å²) >= 11 is 0. The van der Waals surface area contributed by atoms with E-state index < -0.39 is 11.8 Å². The number of aryl methyl sites for hydroxylation is 1. The zero-order valence-electron chi connectivity index (χ0n) is 13.9. The monoisotopic (exact) mass is 341 g/mol. The Morgan fingerprint density at radius 2 is 2.00 bits per heavy atom. The van der Waals surface area contributed by atoms with Crippen LogP contribution in [0.3, 0.4) is 0 Å². The highest BCUT2D eigenvalue weighted by Gasteiger charge is 2.12. The Morgan fingerprint density at radius 1 is 1.20 bits per heavy atom. The number of phenolic OH excluding ortho intramolecular Hbond substituents is 1. The lowest BCUT2D eigenvalue weighted by Crippen LogP contribution is -2.32. The number of nitrogens with one attached hydrogen (secondary N) is 2. The molecule has 0 aliphatic carbocycles. The van der Waals surface area contributed by atoms with E-state index in [1.54, 1.807) is 37.3 Å². The van der Waals surface area contributed by atoms with Crippen molar-refractivity contribution in [1.82, 2.24) is 5.43 Å². The third-order valence-electron chi connectivity index (χ3n) is 3.15. The van der Waals surface area contributed by atoms with Gasteiger partial charge in [0.05, 0.1) is 12.8 Å². The molecule has 2 rings (SSSR count). The molecule has 0 fully saturated rings. The molecule has 0 aromatic heterocycles. The van der Waals surface area contributed by atoms with Gasteiger partial charge in [0.15, 0.2) is 11.5 Å². The van der Waals surface area contributed by atoms with Crippen LogP contribution in [0.5, 0.6) is 11.5 Å². The second kappa shape index (κ2) is 8.49. The van der Waals surface area contributed by atoms with Gasteiger partial charge in [-0.2, -0.15) is 5.10 Å². The Balaban J connectivity index is 1.93. The van der Waals surface area contributed by atoms with Crippen LogP contribution in [-0.2, 0) is 9.59 Å². The van der Waals surface area contributed by atoms with Crippen molar-refractivity contribution in [2.75, 3.05) is 11.9 Å². The Morgan fingerprint density at radius 3 is 2.72 bits per heavy atom. The number of benzene rings is 2. The molecule has 0 heterocycles. The van der Waals surface area contributed by atoms with Gasteiger partial charge in [0.2, 0.25) is 0 Å². The number of phenols is 1. The Bertz CT molecular complexity index is 803. The summed E-state index contributed by atoms with van der Waals surface area (Å²) in [5.41, 5.74) is 4.24. The minimum Gasteiger partial charge on any atom is -0.504 e. The lowest BCUT2D eigenvalue weighted by molar-refractivity contribution is -0.136. The van der Waals surface area contributed by atoms with Crippen molar-refractivity contribution in [2.45, 2.75) is 13.8 Å². The molecule has 130 valence electrons. The summed E-state index contributed by atoms with van der Waals surface area (Å²) in [6.45, 7) is 4.09. The standard InChI is InChI=1S/C18H19N3O4/c1-3-25-16-10-13(7-8-15(16)22)11-19-21-18(24)17(23)20-14-6-4-5-12(2)9-14/h4-11,22H,3H2,1-2H3,(H,20,23)(H,21,24)/b19-11+. The van der Waals surface area contributed by atoms with Crippen LogP contribution in [0, 0.1) is 6.92 Å². The summed E-state index contributed by atoms with van der Waals surface area (Å²) in [6, 6.07) is 11.7. The maximum atomic E-state index is 11.8. The Hall–Kier alpha value is -3.35. The molecule has 2 aromatic carbocycles. The largest absolute Gasteiger partial charge is 0.504 e. The number of aromatic hydroxyl groups is 1. The molecule has 25 heavy (non-hydrogen) atoms. The third-order valence-corrected chi connectivity index (χ3v) is 3.15. The van der Waals surface area contributed by atoms with Crippen molar-refractivity contribution in [2.24, 2.45) is 5.10 Å². The molecule has 7 heteroatoms. The van der Waals surface area contributed by atoms with Gasteiger partial charge in [-0.05, 0) is 55.3 Å². The maximum absolute atomic E-state index is 11.8. The van der Waals surface area contributed by atoms with Crippen molar-refractivity contribution in [3.05, 3.63) is 53.6 Å². The van der Waals surface area contributed by atoms with Gasteiger partial charge in [0.25, 0.3) is 0 Å². The summed E-state index contributed by atoms with van der Waals surface area (Å²) in [4.78, 5) is 23.5. The molecule has 0 unspecified atom stereocenters. The molecule has 0 atom stereocenters. The van der Waals surface area contributed by atoms with E-state index in [1.807, 2.05) is 13.0 Å². The molecule has 0 radical (unpaired) electrons. The van der Waals surface area contributed by atoms with E-state index in [0.717, 1.165) is 5.56 Å². The number of ether oxygens (including phenoxy) is 1. The first kappa shape index (κ1) is 18.0. The first-order valence-corrected chi connectivity index (χ1v) is 7.66. The smallest absolute Gasteiger partial charge is 0.329 e. The van der Waals surface area contributed by atoms with Crippen molar-refractivity contribution in [3.8, 4) is 11.5 Å². The number of anilines is 1. The molecule has 0 saturated heterocycles. The van der Waals surface area contributed by atoms with Crippen LogP contribution in [0.1, 0.15) is 18.1 Å². The van der Waals surface area contributed by atoms with E-state index in [0.29, 0.717) is 23.6 Å². The normalized spacial score (nSPS) is 10.5. The fourth-order valence-electron chi connectivity index (χ4n) is 2.01. The molecular formula is C18H19N3O4. The summed E-state index contributed by atoms with van der Waals surface area (Å²) in [5, 5.41) is 15.8. The number of carbonyl (C=O) groups is 2. The second-order valence-corrected chi connectivity index (χ2v) is 5.18. The number of carbonyl (C=O) groups excluding carboxylic acids is 2. The predicted octanol–water partition coefficient (Wildman–Crippen LogP) is 2.19. The van der Waals surface area contributed by atoms with Gasteiger partial charge >= 0.3 is 11.8 Å². The first-order chi connectivity index (χ1) is 12.0. The average molecular weight is 341 g/mol. The van der Waals surface area contributed by atoms with Gasteiger partial charge in [0, 0.05) is 5.69 Å². The molecule has 0 spiro atoms. The van der Waals surface area contributed by atoms with Gasteiger partial charge in [-0.3, -0.25) is 9.59 Å². The van der Waals surface area contributed by atoms with E-state index in [-0.39, 0.29) is 5.75 Å². The van der Waals surface area contributed by atoms with Crippen LogP contribution in [0.15, 0.2) is 47.6 Å². The molecule has 7 nitrogen and oxygen atoms in total.